The highest BCUT2D eigenvalue weighted by molar-refractivity contribution is 5.92. The molecule has 4 heteroatoms. The van der Waals surface area contributed by atoms with Crippen molar-refractivity contribution >= 4 is 11.6 Å². The van der Waals surface area contributed by atoms with Crippen LogP contribution in [-0.4, -0.2) is 25.2 Å². The van der Waals surface area contributed by atoms with Gasteiger partial charge in [-0.15, -0.1) is 0 Å². The van der Waals surface area contributed by atoms with Crippen LogP contribution in [0, 0.1) is 13.8 Å². The van der Waals surface area contributed by atoms with E-state index in [0.717, 1.165) is 5.69 Å². The molecule has 1 aliphatic rings. The molecule has 0 spiro atoms. The van der Waals surface area contributed by atoms with Crippen molar-refractivity contribution in [3.05, 3.63) is 29.3 Å². The minimum Gasteiger partial charge on any atom is -0.376 e. The Kier molecular flexibility index (Phi) is 6.72. The lowest BCUT2D eigenvalue weighted by molar-refractivity contribution is 0.0487. The van der Waals surface area contributed by atoms with Crippen molar-refractivity contribution < 1.29 is 4.74 Å². The quantitative estimate of drug-likeness (QED) is 0.377. The van der Waals surface area contributed by atoms with Crippen LogP contribution in [0.3, 0.4) is 0 Å². The molecule has 0 aliphatic heterocycles. The number of hydrogen-bond acceptors (Lipinski definition) is 2. The zero-order chi connectivity index (χ0) is 15.8. The van der Waals surface area contributed by atoms with Gasteiger partial charge in [-0.1, -0.05) is 31.7 Å². The number of benzene rings is 1. The van der Waals surface area contributed by atoms with Gasteiger partial charge in [-0.25, -0.2) is 0 Å². The third kappa shape index (κ3) is 5.68. The molecular weight excluding hydrogens is 274 g/mol. The van der Waals surface area contributed by atoms with E-state index in [-0.39, 0.29) is 0 Å². The number of guanidine groups is 1. The molecule has 0 amide bonds. The van der Waals surface area contributed by atoms with Gasteiger partial charge in [0, 0.05) is 5.69 Å². The fraction of sp³-hybridized carbons (Fsp3) is 0.611. The maximum absolute atomic E-state index is 5.92. The van der Waals surface area contributed by atoms with Crippen LogP contribution in [0.1, 0.15) is 49.7 Å². The first-order valence-corrected chi connectivity index (χ1v) is 8.41. The highest BCUT2D eigenvalue weighted by Crippen LogP contribution is 2.19. The fourth-order valence-electron chi connectivity index (χ4n) is 2.80. The molecule has 1 saturated carbocycles. The van der Waals surface area contributed by atoms with Gasteiger partial charge in [-0.2, -0.15) is 0 Å². The van der Waals surface area contributed by atoms with Crippen LogP contribution in [0.5, 0.6) is 0 Å². The van der Waals surface area contributed by atoms with Crippen LogP contribution < -0.4 is 11.1 Å². The Morgan fingerprint density at radius 3 is 2.59 bits per heavy atom. The summed E-state index contributed by atoms with van der Waals surface area (Å²) in [7, 11) is 0. The van der Waals surface area contributed by atoms with Crippen LogP contribution in [0.4, 0.5) is 5.69 Å². The number of nitrogens with zero attached hydrogens (tertiary/aromatic N) is 1. The SMILES string of the molecule is Cc1ccc(NC(N)=NCCOC2CCCCCC2)cc1C. The Bertz CT molecular complexity index is 491. The van der Waals surface area contributed by atoms with Crippen LogP contribution in [0.2, 0.25) is 0 Å². The first-order valence-electron chi connectivity index (χ1n) is 8.41. The second kappa shape index (κ2) is 8.79. The smallest absolute Gasteiger partial charge is 0.193 e. The molecule has 1 aromatic rings. The summed E-state index contributed by atoms with van der Waals surface area (Å²) in [6, 6.07) is 6.19. The van der Waals surface area contributed by atoms with Gasteiger partial charge in [0.1, 0.15) is 0 Å². The van der Waals surface area contributed by atoms with E-state index in [1.165, 1.54) is 49.7 Å². The van der Waals surface area contributed by atoms with E-state index >= 15 is 0 Å². The summed E-state index contributed by atoms with van der Waals surface area (Å²) in [6.45, 7) is 5.45. The van der Waals surface area contributed by atoms with Crippen molar-refractivity contribution in [1.82, 2.24) is 0 Å². The third-order valence-electron chi connectivity index (χ3n) is 4.31. The van der Waals surface area contributed by atoms with E-state index in [0.29, 0.717) is 25.2 Å². The van der Waals surface area contributed by atoms with E-state index in [4.69, 9.17) is 10.5 Å². The molecule has 22 heavy (non-hydrogen) atoms. The molecule has 0 aromatic heterocycles. The number of hydrogen-bond donors (Lipinski definition) is 2. The lowest BCUT2D eigenvalue weighted by Crippen LogP contribution is -2.24. The van der Waals surface area contributed by atoms with Gasteiger partial charge in [0.05, 0.1) is 19.3 Å². The van der Waals surface area contributed by atoms with Gasteiger partial charge in [-0.3, -0.25) is 4.99 Å². The molecule has 2 rings (SSSR count). The lowest BCUT2D eigenvalue weighted by atomic mass is 10.1. The molecule has 1 fully saturated rings. The lowest BCUT2D eigenvalue weighted by Gasteiger charge is -2.14. The Morgan fingerprint density at radius 1 is 1.18 bits per heavy atom. The molecule has 4 nitrogen and oxygen atoms in total. The second-order valence-electron chi connectivity index (χ2n) is 6.18. The van der Waals surface area contributed by atoms with Crippen LogP contribution in [0.25, 0.3) is 0 Å². The van der Waals surface area contributed by atoms with Crippen LogP contribution in [0.15, 0.2) is 23.2 Å². The highest BCUT2D eigenvalue weighted by atomic mass is 16.5. The Hall–Kier alpha value is -1.55. The Labute approximate surface area is 134 Å². The standard InChI is InChI=1S/C18H29N3O/c1-14-9-10-16(13-15(14)2)21-18(19)20-11-12-22-17-7-5-3-4-6-8-17/h9-10,13,17H,3-8,11-12H2,1-2H3,(H3,19,20,21). The Morgan fingerprint density at radius 2 is 1.91 bits per heavy atom. The zero-order valence-corrected chi connectivity index (χ0v) is 13.9. The van der Waals surface area contributed by atoms with Crippen LogP contribution >= 0.6 is 0 Å². The number of nitrogens with two attached hydrogens (primary N) is 1. The van der Waals surface area contributed by atoms with Gasteiger partial charge in [-0.05, 0) is 49.9 Å². The summed E-state index contributed by atoms with van der Waals surface area (Å²) in [5, 5.41) is 3.13. The fourth-order valence-corrected chi connectivity index (χ4v) is 2.80. The number of nitrogens with one attached hydrogen (secondary N) is 1. The van der Waals surface area contributed by atoms with Crippen molar-refractivity contribution in [3.8, 4) is 0 Å². The van der Waals surface area contributed by atoms with Crippen molar-refractivity contribution in [2.75, 3.05) is 18.5 Å². The molecule has 1 aliphatic carbocycles. The first-order chi connectivity index (χ1) is 10.6. The minimum atomic E-state index is 0.423. The minimum absolute atomic E-state index is 0.423. The van der Waals surface area contributed by atoms with E-state index < -0.39 is 0 Å². The first kappa shape index (κ1) is 16.8. The van der Waals surface area contributed by atoms with Crippen LogP contribution in [-0.2, 0) is 4.74 Å². The normalized spacial score (nSPS) is 17.3. The summed E-state index contributed by atoms with van der Waals surface area (Å²) < 4.78 is 5.91. The second-order valence-corrected chi connectivity index (χ2v) is 6.18. The zero-order valence-electron chi connectivity index (χ0n) is 13.9. The predicted octanol–water partition coefficient (Wildman–Crippen LogP) is 3.77. The molecule has 0 unspecified atom stereocenters. The maximum Gasteiger partial charge on any atom is 0.193 e. The number of anilines is 1. The molecule has 3 N–H and O–H groups in total. The number of aliphatic imine (C=N–C) groups is 1. The highest BCUT2D eigenvalue weighted by Gasteiger charge is 2.11. The van der Waals surface area contributed by atoms with Gasteiger partial charge in [0.15, 0.2) is 5.96 Å². The largest absolute Gasteiger partial charge is 0.376 e. The molecule has 0 bridgehead atoms. The van der Waals surface area contributed by atoms with Gasteiger partial charge in [0.2, 0.25) is 0 Å². The van der Waals surface area contributed by atoms with Crippen molar-refractivity contribution in [2.45, 2.75) is 58.5 Å². The molecular formula is C18H29N3O. The topological polar surface area (TPSA) is 59.6 Å². The number of rotatable bonds is 5. The third-order valence-corrected chi connectivity index (χ3v) is 4.31. The van der Waals surface area contributed by atoms with E-state index in [1.54, 1.807) is 0 Å². The molecule has 122 valence electrons. The molecule has 1 aromatic carbocycles. The molecule has 0 heterocycles. The summed E-state index contributed by atoms with van der Waals surface area (Å²) in [5.41, 5.74) is 9.42. The van der Waals surface area contributed by atoms with E-state index in [9.17, 15) is 0 Å². The Balaban J connectivity index is 1.71. The summed E-state index contributed by atoms with van der Waals surface area (Å²) in [4.78, 5) is 4.34. The predicted molar refractivity (Wildman–Crippen MR) is 93.5 cm³/mol. The van der Waals surface area contributed by atoms with Gasteiger partial charge < -0.3 is 15.8 Å². The van der Waals surface area contributed by atoms with E-state index in [1.807, 2.05) is 6.07 Å². The van der Waals surface area contributed by atoms with Gasteiger partial charge >= 0.3 is 0 Å². The monoisotopic (exact) mass is 303 g/mol. The maximum atomic E-state index is 5.92. The summed E-state index contributed by atoms with van der Waals surface area (Å²) in [5.74, 6) is 0.452. The summed E-state index contributed by atoms with van der Waals surface area (Å²) >= 11 is 0. The average Bonchev–Trinajstić information content (AvgIpc) is 2.76. The summed E-state index contributed by atoms with van der Waals surface area (Å²) in [6.07, 6.45) is 8.11. The van der Waals surface area contributed by atoms with Crippen molar-refractivity contribution in [2.24, 2.45) is 10.7 Å². The molecule has 0 radical (unpaired) electrons. The number of aryl methyl sites for hydroxylation is 2. The molecule has 0 saturated heterocycles. The average molecular weight is 303 g/mol. The number of ether oxygens (including phenoxy) is 1. The van der Waals surface area contributed by atoms with Crippen molar-refractivity contribution in [1.29, 1.82) is 0 Å². The van der Waals surface area contributed by atoms with Crippen molar-refractivity contribution in [3.63, 3.8) is 0 Å². The van der Waals surface area contributed by atoms with Gasteiger partial charge in [0.25, 0.3) is 0 Å². The molecule has 0 atom stereocenters. The van der Waals surface area contributed by atoms with E-state index in [2.05, 4.69) is 36.3 Å².